The number of unbranched alkanes of at least 4 members (excludes halogenated alkanes) is 3. The molecule has 0 bridgehead atoms. The van der Waals surface area contributed by atoms with E-state index in [4.69, 9.17) is 22.2 Å². The normalized spacial score (nSPS) is 12.3. The van der Waals surface area contributed by atoms with Crippen LogP contribution in [0.1, 0.15) is 93.7 Å². The number of nitrogens with one attached hydrogen (secondary N) is 6. The van der Waals surface area contributed by atoms with E-state index in [2.05, 4.69) is 41.9 Å². The van der Waals surface area contributed by atoms with E-state index < -0.39 is 90.4 Å². The summed E-state index contributed by atoms with van der Waals surface area (Å²) in [5.41, 5.74) is 10.5. The van der Waals surface area contributed by atoms with Crippen LogP contribution in [0.4, 0.5) is 9.18 Å². The van der Waals surface area contributed by atoms with Gasteiger partial charge >= 0.3 is 23.9 Å². The number of hydrogen-bond donors (Lipinski definition) is 9. The van der Waals surface area contributed by atoms with Crippen molar-refractivity contribution in [3.63, 3.8) is 0 Å². The largest absolute Gasteiger partial charge is 0.481 e. The second-order valence-corrected chi connectivity index (χ2v) is 17.6. The van der Waals surface area contributed by atoms with Crippen LogP contribution in [-0.2, 0) is 57.7 Å². The molecule has 0 spiro atoms. The highest BCUT2D eigenvalue weighted by atomic mass is 35.5. The van der Waals surface area contributed by atoms with Crippen molar-refractivity contribution < 1.29 is 62.9 Å². The minimum absolute atomic E-state index is 0.0122. The van der Waals surface area contributed by atoms with Crippen LogP contribution in [0.25, 0.3) is 10.4 Å². The average Bonchev–Trinajstić information content (AvgIpc) is 3.36. The van der Waals surface area contributed by atoms with Crippen LogP contribution in [0.3, 0.4) is 0 Å². The molecule has 4 atom stereocenters. The lowest BCUT2D eigenvalue weighted by Crippen LogP contribution is -2.55. The summed E-state index contributed by atoms with van der Waals surface area (Å²) < 4.78 is 14.3. The maximum absolute atomic E-state index is 14.3. The summed E-state index contributed by atoms with van der Waals surface area (Å²) in [7, 11) is 0. The number of carboxylic acid groups (broad SMARTS) is 3. The van der Waals surface area contributed by atoms with E-state index in [9.17, 15) is 57.8 Å². The number of carbonyl (C=O) groups excluding carboxylic acids is 6. The summed E-state index contributed by atoms with van der Waals surface area (Å²) in [5.74, 6) is -7.18. The Morgan fingerprint density at radius 2 is 1.20 bits per heavy atom. The van der Waals surface area contributed by atoms with Gasteiger partial charge in [0.1, 0.15) is 30.0 Å². The molecule has 0 unspecified atom stereocenters. The van der Waals surface area contributed by atoms with Gasteiger partial charge in [-0.2, -0.15) is 0 Å². The highest BCUT2D eigenvalue weighted by Gasteiger charge is 2.28. The number of nitrogens with zero attached hydrogens (tertiary/aromatic N) is 4. The zero-order chi connectivity index (χ0) is 54.3. The fourth-order valence-corrected chi connectivity index (χ4v) is 7.53. The molecule has 74 heavy (non-hydrogen) atoms. The SMILES string of the molecule is [N-]=[N+]=NCCCNC(=O)[C@@H](Cc1ccccc1)NC(=O)[C@@H](Cc1ccccc1)NC(=O)CCC(=O)NCCCCCC(=O)N(CCCC[C@H](NC(=O)N[C@@H](CCC(=O)O)C(=O)O)C(=O)O)Cc1ccc(Cl)c(F)c1. The Morgan fingerprint density at radius 3 is 1.80 bits per heavy atom. The summed E-state index contributed by atoms with van der Waals surface area (Å²) in [6.07, 6.45) is 1.15. The van der Waals surface area contributed by atoms with E-state index in [1.54, 1.807) is 48.5 Å². The second-order valence-electron chi connectivity index (χ2n) is 17.2. The van der Waals surface area contributed by atoms with Crippen molar-refractivity contribution in [2.45, 2.75) is 121 Å². The second kappa shape index (κ2) is 33.8. The van der Waals surface area contributed by atoms with Crippen LogP contribution in [0, 0.1) is 5.82 Å². The number of amides is 7. The molecule has 24 heteroatoms. The molecule has 3 aromatic rings. The first-order valence-corrected chi connectivity index (χ1v) is 24.5. The molecule has 0 fully saturated rings. The zero-order valence-electron chi connectivity index (χ0n) is 40.8. The molecule has 0 saturated carbocycles. The molecule has 3 aromatic carbocycles. The number of urea groups is 1. The maximum atomic E-state index is 14.3. The van der Waals surface area contributed by atoms with E-state index in [0.717, 1.165) is 11.1 Å². The van der Waals surface area contributed by atoms with Gasteiger partial charge in [0.25, 0.3) is 0 Å². The molecule has 0 aliphatic heterocycles. The summed E-state index contributed by atoms with van der Waals surface area (Å²) in [6, 6.07) is 15.9. The molecule has 0 aromatic heterocycles. The molecular weight excluding hydrogens is 987 g/mol. The highest BCUT2D eigenvalue weighted by molar-refractivity contribution is 6.30. The predicted octanol–water partition coefficient (Wildman–Crippen LogP) is 4.78. The van der Waals surface area contributed by atoms with Crippen molar-refractivity contribution in [3.8, 4) is 0 Å². The van der Waals surface area contributed by atoms with Crippen LogP contribution >= 0.6 is 11.6 Å². The van der Waals surface area contributed by atoms with Gasteiger partial charge in [-0.1, -0.05) is 89.9 Å². The average molecular weight is 1050 g/mol. The number of azide groups is 1. The van der Waals surface area contributed by atoms with Gasteiger partial charge in [0, 0.05) is 76.2 Å². The van der Waals surface area contributed by atoms with E-state index in [-0.39, 0.29) is 95.0 Å². The van der Waals surface area contributed by atoms with E-state index in [1.807, 2.05) is 18.2 Å². The maximum Gasteiger partial charge on any atom is 0.326 e. The number of halogens is 2. The fraction of sp³-hybridized carbons (Fsp3) is 0.460. The lowest BCUT2D eigenvalue weighted by Gasteiger charge is -2.24. The van der Waals surface area contributed by atoms with Crippen molar-refractivity contribution >= 4 is 65.1 Å². The van der Waals surface area contributed by atoms with Crippen molar-refractivity contribution in [1.29, 1.82) is 0 Å². The van der Waals surface area contributed by atoms with Crippen molar-refractivity contribution in [2.75, 3.05) is 26.2 Å². The minimum atomic E-state index is -1.57. The van der Waals surface area contributed by atoms with Gasteiger partial charge in [0.15, 0.2) is 0 Å². The number of carbonyl (C=O) groups is 9. The van der Waals surface area contributed by atoms with Crippen LogP contribution in [-0.4, -0.2) is 124 Å². The number of rotatable bonds is 35. The smallest absolute Gasteiger partial charge is 0.326 e. The Kier molecular flexibility index (Phi) is 27.6. The monoisotopic (exact) mass is 1050 g/mol. The molecule has 400 valence electrons. The summed E-state index contributed by atoms with van der Waals surface area (Å²) >= 11 is 5.85. The summed E-state index contributed by atoms with van der Waals surface area (Å²) in [5, 5.41) is 46.5. The van der Waals surface area contributed by atoms with E-state index >= 15 is 0 Å². The first-order chi connectivity index (χ1) is 35.4. The molecule has 0 aliphatic rings. The van der Waals surface area contributed by atoms with Gasteiger partial charge in [0.05, 0.1) is 5.02 Å². The molecule has 3 rings (SSSR count). The van der Waals surface area contributed by atoms with Gasteiger partial charge in [-0.15, -0.1) is 0 Å². The molecule has 0 aliphatic carbocycles. The summed E-state index contributed by atoms with van der Waals surface area (Å²) in [4.78, 5) is 117. The van der Waals surface area contributed by atoms with Crippen LogP contribution < -0.4 is 31.9 Å². The molecule has 0 heterocycles. The van der Waals surface area contributed by atoms with Crippen molar-refractivity contribution in [1.82, 2.24) is 36.8 Å². The van der Waals surface area contributed by atoms with Gasteiger partial charge in [-0.05, 0) is 79.3 Å². The fourth-order valence-electron chi connectivity index (χ4n) is 7.41. The number of benzene rings is 3. The first-order valence-electron chi connectivity index (χ1n) is 24.1. The molecular formula is C50H64ClFN10O12. The Morgan fingerprint density at radius 1 is 0.608 bits per heavy atom. The van der Waals surface area contributed by atoms with E-state index in [0.29, 0.717) is 31.2 Å². The number of carboxylic acids is 3. The molecule has 22 nitrogen and oxygen atoms in total. The lowest BCUT2D eigenvalue weighted by molar-refractivity contribution is -0.141. The Bertz CT molecular complexity index is 2400. The van der Waals surface area contributed by atoms with Gasteiger partial charge < -0.3 is 52.1 Å². The molecule has 9 N–H and O–H groups in total. The number of hydrogen-bond acceptors (Lipinski definition) is 10. The topological polar surface area (TPSA) is 338 Å². The third-order valence-corrected chi connectivity index (χ3v) is 11.7. The van der Waals surface area contributed by atoms with E-state index in [1.165, 1.54) is 17.0 Å². The Balaban J connectivity index is 1.50. The van der Waals surface area contributed by atoms with Crippen molar-refractivity contribution in [2.24, 2.45) is 5.11 Å². The molecule has 7 amide bonds. The highest BCUT2D eigenvalue weighted by Crippen LogP contribution is 2.19. The van der Waals surface area contributed by atoms with Crippen LogP contribution in [0.2, 0.25) is 5.02 Å². The molecule has 0 radical (unpaired) electrons. The number of aliphatic carboxylic acids is 3. The standard InChI is InChI=1S/C50H64ClFN10O12/c51-36-20-19-35(29-37(36)52)32-62(28-11-9-17-38(48(70)71)59-50(74)60-39(49(72)73)21-24-45(66)67)44(65)18-8-3-10-25-54-42(63)22-23-43(64)57-41(31-34-15-6-2-7-16-34)47(69)58-40(30-33-13-4-1-5-14-33)46(68)55-26-12-27-56-61-53/h1-2,4-7,13-16,19-20,29,38-41H,3,8-12,17-18,21-28,30-32H2,(H,54,63)(H,55,68)(H,57,64)(H,58,69)(H,66,67)(H,70,71)(H,72,73)(H2,59,60,74)/t38-,39-,40+,41+/m0/s1. The van der Waals surface area contributed by atoms with Crippen LogP contribution in [0.15, 0.2) is 84.0 Å². The third kappa shape index (κ3) is 24.6. The Hall–Kier alpha value is -7.78. The Labute approximate surface area is 432 Å². The minimum Gasteiger partial charge on any atom is -0.481 e. The van der Waals surface area contributed by atoms with Gasteiger partial charge in [-0.3, -0.25) is 28.8 Å². The summed E-state index contributed by atoms with van der Waals surface area (Å²) in [6.45, 7) is 0.774. The lowest BCUT2D eigenvalue weighted by atomic mass is 10.0. The molecule has 0 saturated heterocycles. The van der Waals surface area contributed by atoms with Gasteiger partial charge in [0.2, 0.25) is 29.5 Å². The first kappa shape index (κ1) is 60.5. The quantitative estimate of drug-likeness (QED) is 0.0166. The predicted molar refractivity (Wildman–Crippen MR) is 269 cm³/mol. The van der Waals surface area contributed by atoms with Crippen molar-refractivity contribution in [3.05, 3.63) is 117 Å². The van der Waals surface area contributed by atoms with Gasteiger partial charge in [-0.25, -0.2) is 18.8 Å². The third-order valence-electron chi connectivity index (χ3n) is 11.4. The van der Waals surface area contributed by atoms with Crippen LogP contribution in [0.5, 0.6) is 0 Å². The zero-order valence-corrected chi connectivity index (χ0v) is 41.6.